The Labute approximate surface area is 148 Å². The van der Waals surface area contributed by atoms with Crippen molar-refractivity contribution < 1.29 is 4.39 Å². The zero-order valence-corrected chi connectivity index (χ0v) is 13.6. The van der Waals surface area contributed by atoms with Gasteiger partial charge in [-0.15, -0.1) is 0 Å². The lowest BCUT2D eigenvalue weighted by atomic mass is 9.99. The molecule has 0 radical (unpaired) electrons. The highest BCUT2D eigenvalue weighted by Gasteiger charge is 2.28. The summed E-state index contributed by atoms with van der Waals surface area (Å²) < 4.78 is 13.9. The van der Waals surface area contributed by atoms with E-state index in [0.29, 0.717) is 16.9 Å². The number of hydrogen-bond donors (Lipinski definition) is 2. The number of aromatic nitrogens is 2. The largest absolute Gasteiger partial charge is 0.338 e. The number of nitriles is 1. The molecule has 0 bridgehead atoms. The van der Waals surface area contributed by atoms with E-state index >= 15 is 0 Å². The molecular formula is C21H13FN4. The van der Waals surface area contributed by atoms with Crippen LogP contribution in [-0.4, -0.2) is 9.97 Å². The molecule has 26 heavy (non-hydrogen) atoms. The monoisotopic (exact) mass is 340 g/mol. The number of nitrogens with zero attached hydrogens (tertiary/aromatic N) is 2. The van der Waals surface area contributed by atoms with Gasteiger partial charge in [-0.2, -0.15) is 5.26 Å². The van der Waals surface area contributed by atoms with Gasteiger partial charge in [-0.3, -0.25) is 0 Å². The van der Waals surface area contributed by atoms with Crippen LogP contribution in [0.4, 0.5) is 4.39 Å². The molecule has 0 fully saturated rings. The van der Waals surface area contributed by atoms with Crippen molar-refractivity contribution in [1.82, 2.24) is 9.97 Å². The Hall–Kier alpha value is -3.49. The van der Waals surface area contributed by atoms with E-state index in [-0.39, 0.29) is 11.6 Å². The van der Waals surface area contributed by atoms with Crippen molar-refractivity contribution in [2.24, 2.45) is 5.73 Å². The molecule has 0 aliphatic heterocycles. The fourth-order valence-electron chi connectivity index (χ4n) is 3.73. The number of imidazole rings is 1. The maximum Gasteiger partial charge on any atom is 0.143 e. The molecule has 1 atom stereocenters. The van der Waals surface area contributed by atoms with Crippen molar-refractivity contribution in [2.45, 2.75) is 6.04 Å². The number of nitrogens with one attached hydrogen (secondary N) is 1. The van der Waals surface area contributed by atoms with Gasteiger partial charge in [0.2, 0.25) is 0 Å². The Balaban J connectivity index is 1.77. The summed E-state index contributed by atoms with van der Waals surface area (Å²) in [7, 11) is 0. The van der Waals surface area contributed by atoms with E-state index in [1.807, 2.05) is 42.5 Å². The van der Waals surface area contributed by atoms with Gasteiger partial charge in [0, 0.05) is 11.6 Å². The normalized spacial score (nSPS) is 14.9. The van der Waals surface area contributed by atoms with E-state index in [9.17, 15) is 4.39 Å². The van der Waals surface area contributed by atoms with Crippen LogP contribution < -0.4 is 5.73 Å². The number of hydrogen-bond acceptors (Lipinski definition) is 3. The van der Waals surface area contributed by atoms with Gasteiger partial charge in [0.15, 0.2) is 0 Å². The van der Waals surface area contributed by atoms with Gasteiger partial charge in [0.25, 0.3) is 0 Å². The summed E-state index contributed by atoms with van der Waals surface area (Å²) in [4.78, 5) is 7.77. The first-order valence-corrected chi connectivity index (χ1v) is 8.25. The molecule has 1 unspecified atom stereocenters. The van der Waals surface area contributed by atoms with Gasteiger partial charge in [0.1, 0.15) is 17.7 Å². The van der Waals surface area contributed by atoms with Crippen LogP contribution in [0, 0.1) is 17.1 Å². The van der Waals surface area contributed by atoms with Gasteiger partial charge in [0.05, 0.1) is 22.6 Å². The van der Waals surface area contributed by atoms with Crippen molar-refractivity contribution >= 4 is 11.0 Å². The van der Waals surface area contributed by atoms with E-state index in [1.165, 1.54) is 12.1 Å². The average Bonchev–Trinajstić information content (AvgIpc) is 3.20. The molecule has 1 aromatic heterocycles. The van der Waals surface area contributed by atoms with Crippen LogP contribution in [0.3, 0.4) is 0 Å². The van der Waals surface area contributed by atoms with Crippen LogP contribution >= 0.6 is 0 Å². The van der Waals surface area contributed by atoms with E-state index in [0.717, 1.165) is 27.8 Å². The summed E-state index contributed by atoms with van der Waals surface area (Å²) in [5.41, 5.74) is 12.7. The quantitative estimate of drug-likeness (QED) is 0.543. The maximum atomic E-state index is 13.9. The van der Waals surface area contributed by atoms with Crippen molar-refractivity contribution in [1.29, 1.82) is 5.26 Å². The molecule has 5 rings (SSSR count). The molecule has 1 heterocycles. The smallest absolute Gasteiger partial charge is 0.143 e. The standard InChI is InChI=1S/C21H13FN4/c22-16-9-18-17(8-11(16)10-23)25-21(26-18)15-7-3-6-14-19(15)12-4-1-2-5-13(12)20(14)24/h1-9,20H,24H2,(H,25,26). The molecule has 124 valence electrons. The molecule has 0 spiro atoms. The predicted molar refractivity (Wildman–Crippen MR) is 97.7 cm³/mol. The Bertz CT molecular complexity index is 1230. The number of nitrogens with two attached hydrogens (primary N) is 1. The third-order valence-electron chi connectivity index (χ3n) is 4.94. The van der Waals surface area contributed by atoms with Crippen molar-refractivity contribution in [2.75, 3.05) is 0 Å². The van der Waals surface area contributed by atoms with Gasteiger partial charge in [-0.25, -0.2) is 9.37 Å². The van der Waals surface area contributed by atoms with Gasteiger partial charge >= 0.3 is 0 Å². The maximum absolute atomic E-state index is 13.9. The summed E-state index contributed by atoms with van der Waals surface area (Å²) in [5, 5.41) is 9.03. The highest BCUT2D eigenvalue weighted by atomic mass is 19.1. The number of fused-ring (bicyclic) bond motifs is 4. The Morgan fingerprint density at radius 3 is 2.65 bits per heavy atom. The fourth-order valence-corrected chi connectivity index (χ4v) is 3.73. The van der Waals surface area contributed by atoms with Crippen LogP contribution in [0.1, 0.15) is 22.7 Å². The lowest BCUT2D eigenvalue weighted by molar-refractivity contribution is 0.625. The van der Waals surface area contributed by atoms with Crippen molar-refractivity contribution in [3.05, 3.63) is 77.1 Å². The second kappa shape index (κ2) is 5.25. The number of H-pyrrole nitrogens is 1. The molecule has 3 aromatic carbocycles. The summed E-state index contributed by atoms with van der Waals surface area (Å²) >= 11 is 0. The zero-order chi connectivity index (χ0) is 17.8. The van der Waals surface area contributed by atoms with E-state index in [1.54, 1.807) is 0 Å². The summed E-state index contributed by atoms with van der Waals surface area (Å²) in [5.74, 6) is 0.0797. The number of rotatable bonds is 1. The van der Waals surface area contributed by atoms with Gasteiger partial charge in [-0.1, -0.05) is 42.5 Å². The Kier molecular flexibility index (Phi) is 2.99. The van der Waals surface area contributed by atoms with Crippen LogP contribution in [0.2, 0.25) is 0 Å². The minimum atomic E-state index is -0.555. The molecule has 0 saturated carbocycles. The summed E-state index contributed by atoms with van der Waals surface area (Å²) in [6, 6.07) is 18.5. The Morgan fingerprint density at radius 2 is 1.81 bits per heavy atom. The molecule has 3 N–H and O–H groups in total. The van der Waals surface area contributed by atoms with Crippen LogP contribution in [0.5, 0.6) is 0 Å². The lowest BCUT2D eigenvalue weighted by Crippen LogP contribution is -2.07. The highest BCUT2D eigenvalue weighted by Crippen LogP contribution is 2.46. The summed E-state index contributed by atoms with van der Waals surface area (Å²) in [6.45, 7) is 0. The minimum Gasteiger partial charge on any atom is -0.338 e. The SMILES string of the molecule is N#Cc1cc2nc(-c3cccc4c3-c3ccccc3C4N)[nH]c2cc1F. The Morgan fingerprint density at radius 1 is 1.04 bits per heavy atom. The van der Waals surface area contributed by atoms with E-state index in [4.69, 9.17) is 11.0 Å². The fraction of sp³-hybridized carbons (Fsp3) is 0.0476. The highest BCUT2D eigenvalue weighted by molar-refractivity contribution is 5.91. The molecule has 0 amide bonds. The topological polar surface area (TPSA) is 78.5 Å². The number of benzene rings is 3. The van der Waals surface area contributed by atoms with Crippen LogP contribution in [0.15, 0.2) is 54.6 Å². The van der Waals surface area contributed by atoms with Gasteiger partial charge in [-0.05, 0) is 28.3 Å². The number of aromatic amines is 1. The van der Waals surface area contributed by atoms with E-state index < -0.39 is 5.82 Å². The van der Waals surface area contributed by atoms with Crippen LogP contribution in [-0.2, 0) is 0 Å². The molecule has 1 aliphatic rings. The minimum absolute atomic E-state index is 0.0128. The second-order valence-electron chi connectivity index (χ2n) is 6.38. The molecule has 4 aromatic rings. The van der Waals surface area contributed by atoms with Gasteiger partial charge < -0.3 is 10.7 Å². The molecule has 5 heteroatoms. The third kappa shape index (κ3) is 1.94. The number of halogens is 1. The predicted octanol–water partition coefficient (Wildman–Crippen LogP) is 4.27. The summed E-state index contributed by atoms with van der Waals surface area (Å²) in [6.07, 6.45) is 0. The third-order valence-corrected chi connectivity index (χ3v) is 4.94. The van der Waals surface area contributed by atoms with Crippen molar-refractivity contribution in [3.63, 3.8) is 0 Å². The van der Waals surface area contributed by atoms with Crippen molar-refractivity contribution in [3.8, 4) is 28.6 Å². The zero-order valence-electron chi connectivity index (χ0n) is 13.6. The molecule has 0 saturated heterocycles. The first-order chi connectivity index (χ1) is 12.7. The lowest BCUT2D eigenvalue weighted by Gasteiger charge is -2.08. The first kappa shape index (κ1) is 14.8. The average molecular weight is 340 g/mol. The molecule has 1 aliphatic carbocycles. The second-order valence-corrected chi connectivity index (χ2v) is 6.38. The first-order valence-electron chi connectivity index (χ1n) is 8.25. The molecular weight excluding hydrogens is 327 g/mol. The van der Waals surface area contributed by atoms with E-state index in [2.05, 4.69) is 16.0 Å². The van der Waals surface area contributed by atoms with Crippen LogP contribution in [0.25, 0.3) is 33.5 Å². The molecule has 4 nitrogen and oxygen atoms in total.